The number of aromatic nitrogens is 3. The Morgan fingerprint density at radius 1 is 1.54 bits per heavy atom. The molecule has 0 aliphatic heterocycles. The van der Waals surface area contributed by atoms with E-state index in [9.17, 15) is 9.18 Å². The summed E-state index contributed by atoms with van der Waals surface area (Å²) in [6, 6.07) is 0. The summed E-state index contributed by atoms with van der Waals surface area (Å²) < 4.78 is 13.8. The maximum absolute atomic E-state index is 12.6. The van der Waals surface area contributed by atoms with E-state index in [4.69, 9.17) is 5.11 Å². The van der Waals surface area contributed by atoms with E-state index in [1.165, 1.54) is 10.6 Å². The lowest BCUT2D eigenvalue weighted by Crippen LogP contribution is -1.94. The summed E-state index contributed by atoms with van der Waals surface area (Å²) >= 11 is 0. The van der Waals surface area contributed by atoms with Crippen LogP contribution in [0.2, 0.25) is 0 Å². The van der Waals surface area contributed by atoms with Crippen LogP contribution in [0.4, 0.5) is 4.39 Å². The van der Waals surface area contributed by atoms with Crippen molar-refractivity contribution in [3.63, 3.8) is 0 Å². The summed E-state index contributed by atoms with van der Waals surface area (Å²) in [5, 5.41) is 8.56. The molecule has 0 unspecified atom stereocenters. The minimum absolute atomic E-state index is 0.155. The van der Waals surface area contributed by atoms with Gasteiger partial charge < -0.3 is 5.11 Å². The molecule has 0 atom stereocenters. The fourth-order valence-electron chi connectivity index (χ4n) is 0.963. The van der Waals surface area contributed by atoms with Gasteiger partial charge in [0, 0.05) is 12.4 Å². The van der Waals surface area contributed by atoms with Crippen LogP contribution in [-0.4, -0.2) is 25.4 Å². The first kappa shape index (κ1) is 7.66. The van der Waals surface area contributed by atoms with E-state index in [0.29, 0.717) is 0 Å². The quantitative estimate of drug-likeness (QED) is 0.698. The van der Waals surface area contributed by atoms with Crippen molar-refractivity contribution in [2.45, 2.75) is 0 Å². The maximum Gasteiger partial charge on any atom is 0.356 e. The van der Waals surface area contributed by atoms with Gasteiger partial charge >= 0.3 is 5.97 Å². The van der Waals surface area contributed by atoms with Crippen molar-refractivity contribution in [1.29, 1.82) is 0 Å². The summed E-state index contributed by atoms with van der Waals surface area (Å²) in [5.41, 5.74) is -0.155. The van der Waals surface area contributed by atoms with Crippen molar-refractivity contribution < 1.29 is 14.3 Å². The van der Waals surface area contributed by atoms with Gasteiger partial charge in [0.1, 0.15) is 0 Å². The van der Waals surface area contributed by atoms with Crippen molar-refractivity contribution in [2.24, 2.45) is 0 Å². The molecule has 13 heavy (non-hydrogen) atoms. The maximum atomic E-state index is 12.6. The van der Waals surface area contributed by atoms with Crippen molar-refractivity contribution >= 4 is 11.7 Å². The lowest BCUT2D eigenvalue weighted by molar-refractivity contribution is 0.0691. The number of aromatic carboxylic acids is 1. The molecule has 0 spiro atoms. The molecule has 0 amide bonds. The molecule has 0 saturated carbocycles. The number of fused-ring (bicyclic) bond motifs is 1. The SMILES string of the molecule is O=C(O)c1cn2cc(F)cnc2n1. The summed E-state index contributed by atoms with van der Waals surface area (Å²) in [6.45, 7) is 0. The molecule has 0 aliphatic carbocycles. The smallest absolute Gasteiger partial charge is 0.356 e. The van der Waals surface area contributed by atoms with E-state index >= 15 is 0 Å². The second-order valence-corrected chi connectivity index (χ2v) is 2.41. The molecule has 0 radical (unpaired) electrons. The first-order valence-corrected chi connectivity index (χ1v) is 3.40. The van der Waals surface area contributed by atoms with Crippen LogP contribution < -0.4 is 0 Å². The molecule has 1 N–H and O–H groups in total. The van der Waals surface area contributed by atoms with Crippen LogP contribution >= 0.6 is 0 Å². The third kappa shape index (κ3) is 1.22. The van der Waals surface area contributed by atoms with Gasteiger partial charge in [0.15, 0.2) is 11.5 Å². The summed E-state index contributed by atoms with van der Waals surface area (Å²) in [5.74, 6) is -1.54. The van der Waals surface area contributed by atoms with Gasteiger partial charge in [-0.1, -0.05) is 0 Å². The fourth-order valence-corrected chi connectivity index (χ4v) is 0.963. The van der Waals surface area contributed by atoms with E-state index in [2.05, 4.69) is 9.97 Å². The highest BCUT2D eigenvalue weighted by molar-refractivity contribution is 5.85. The normalized spacial score (nSPS) is 10.5. The van der Waals surface area contributed by atoms with Crippen LogP contribution in [0.1, 0.15) is 10.5 Å². The second kappa shape index (κ2) is 2.51. The van der Waals surface area contributed by atoms with E-state index in [-0.39, 0.29) is 11.5 Å². The highest BCUT2D eigenvalue weighted by Gasteiger charge is 2.09. The number of halogens is 1. The Kier molecular flexibility index (Phi) is 1.48. The van der Waals surface area contributed by atoms with Crippen LogP contribution in [0.15, 0.2) is 18.6 Å². The number of carboxylic acid groups (broad SMARTS) is 1. The molecule has 66 valence electrons. The Labute approximate surface area is 71.5 Å². The Balaban J connectivity index is 2.68. The Morgan fingerprint density at radius 2 is 2.31 bits per heavy atom. The van der Waals surface area contributed by atoms with Crippen LogP contribution in [0.3, 0.4) is 0 Å². The number of carboxylic acids is 1. The van der Waals surface area contributed by atoms with E-state index in [1.807, 2.05) is 0 Å². The van der Waals surface area contributed by atoms with Crippen molar-refractivity contribution in [1.82, 2.24) is 14.4 Å². The van der Waals surface area contributed by atoms with Gasteiger partial charge in [-0.05, 0) is 0 Å². The van der Waals surface area contributed by atoms with E-state index in [1.54, 1.807) is 0 Å². The molecule has 0 fully saturated rings. The van der Waals surface area contributed by atoms with Gasteiger partial charge in [-0.25, -0.2) is 19.2 Å². The molecule has 2 rings (SSSR count). The largest absolute Gasteiger partial charge is 0.476 e. The predicted molar refractivity (Wildman–Crippen MR) is 39.9 cm³/mol. The average molecular weight is 181 g/mol. The third-order valence-electron chi connectivity index (χ3n) is 1.50. The van der Waals surface area contributed by atoms with Gasteiger partial charge in [0.05, 0.1) is 6.20 Å². The lowest BCUT2D eigenvalue weighted by Gasteiger charge is -1.89. The molecular weight excluding hydrogens is 177 g/mol. The van der Waals surface area contributed by atoms with Crippen molar-refractivity contribution in [2.75, 3.05) is 0 Å². The molecule has 2 aromatic rings. The van der Waals surface area contributed by atoms with Gasteiger partial charge in [-0.15, -0.1) is 0 Å². The van der Waals surface area contributed by atoms with Crippen LogP contribution in [0.25, 0.3) is 5.78 Å². The molecule has 0 aromatic carbocycles. The first-order valence-electron chi connectivity index (χ1n) is 3.40. The van der Waals surface area contributed by atoms with Crippen molar-refractivity contribution in [3.05, 3.63) is 30.1 Å². The summed E-state index contributed by atoms with van der Waals surface area (Å²) in [4.78, 5) is 17.7. The Morgan fingerprint density at radius 3 is 3.00 bits per heavy atom. The molecule has 0 bridgehead atoms. The molecule has 0 aliphatic rings. The Bertz CT molecular complexity index is 480. The number of nitrogens with zero attached hydrogens (tertiary/aromatic N) is 3. The fraction of sp³-hybridized carbons (Fsp3) is 0. The minimum Gasteiger partial charge on any atom is -0.476 e. The molecule has 0 saturated heterocycles. The zero-order valence-corrected chi connectivity index (χ0v) is 6.31. The topological polar surface area (TPSA) is 67.5 Å². The minimum atomic E-state index is -1.16. The standard InChI is InChI=1S/C7H4FN3O2/c8-4-1-9-7-10-5(6(12)13)3-11(7)2-4/h1-3H,(H,12,13). The molecule has 2 heterocycles. The van der Waals surface area contributed by atoms with E-state index < -0.39 is 11.8 Å². The number of hydrogen-bond donors (Lipinski definition) is 1. The molecular formula is C7H4FN3O2. The second-order valence-electron chi connectivity index (χ2n) is 2.41. The number of hydrogen-bond acceptors (Lipinski definition) is 3. The van der Waals surface area contributed by atoms with Crippen LogP contribution in [0.5, 0.6) is 0 Å². The number of carbonyl (C=O) groups is 1. The first-order chi connectivity index (χ1) is 6.16. The van der Waals surface area contributed by atoms with Crippen LogP contribution in [0, 0.1) is 5.82 Å². The van der Waals surface area contributed by atoms with Crippen LogP contribution in [-0.2, 0) is 0 Å². The molecule has 5 nitrogen and oxygen atoms in total. The van der Waals surface area contributed by atoms with Crippen molar-refractivity contribution in [3.8, 4) is 0 Å². The molecule has 6 heteroatoms. The highest BCUT2D eigenvalue weighted by Crippen LogP contribution is 2.03. The summed E-state index contributed by atoms with van der Waals surface area (Å²) in [7, 11) is 0. The number of rotatable bonds is 1. The molecule has 2 aromatic heterocycles. The third-order valence-corrected chi connectivity index (χ3v) is 1.50. The van der Waals surface area contributed by atoms with Gasteiger partial charge in [-0.3, -0.25) is 4.40 Å². The summed E-state index contributed by atoms with van der Waals surface area (Å²) in [6.07, 6.45) is 3.30. The highest BCUT2D eigenvalue weighted by atomic mass is 19.1. The predicted octanol–water partition coefficient (Wildman–Crippen LogP) is 0.567. The van der Waals surface area contributed by atoms with Gasteiger partial charge in [0.25, 0.3) is 0 Å². The van der Waals surface area contributed by atoms with Gasteiger partial charge in [0.2, 0.25) is 5.78 Å². The number of imidazole rings is 1. The monoisotopic (exact) mass is 181 g/mol. The zero-order valence-electron chi connectivity index (χ0n) is 6.31. The van der Waals surface area contributed by atoms with E-state index in [0.717, 1.165) is 12.4 Å². The Hall–Kier alpha value is -1.98. The average Bonchev–Trinajstić information content (AvgIpc) is 2.46. The van der Waals surface area contributed by atoms with Gasteiger partial charge in [-0.2, -0.15) is 0 Å². The lowest BCUT2D eigenvalue weighted by atomic mass is 10.5. The zero-order chi connectivity index (χ0) is 9.42.